The molecule has 74 valence electrons. The molecule has 0 N–H and O–H groups in total. The molecule has 3 nitrogen and oxygen atoms in total. The first kappa shape index (κ1) is 12.2. The number of aryl methyl sites for hydroxylation is 1. The number of allylic oxidation sites excluding steroid dienone is 3. The highest BCUT2D eigenvalue weighted by molar-refractivity contribution is 5.71. The van der Waals surface area contributed by atoms with Crippen LogP contribution >= 0.6 is 0 Å². The molecular formula is C11H15N3. The Bertz CT molecular complexity index is 289. The lowest BCUT2D eigenvalue weighted by molar-refractivity contribution is 1.05. The lowest BCUT2D eigenvalue weighted by Crippen LogP contribution is -1.80. The van der Waals surface area contributed by atoms with Crippen molar-refractivity contribution in [1.29, 1.82) is 0 Å². The van der Waals surface area contributed by atoms with Gasteiger partial charge in [-0.15, -0.1) is 0 Å². The first-order valence-corrected chi connectivity index (χ1v) is 4.24. The normalized spacial score (nSPS) is 9.86. The van der Waals surface area contributed by atoms with Gasteiger partial charge in [-0.05, 0) is 19.1 Å². The Kier molecular flexibility index (Phi) is 8.14. The van der Waals surface area contributed by atoms with Crippen molar-refractivity contribution >= 4 is 6.21 Å². The fourth-order valence-electron chi connectivity index (χ4n) is 0.588. The molecule has 1 rings (SSSR count). The van der Waals surface area contributed by atoms with Crippen molar-refractivity contribution in [2.75, 3.05) is 7.05 Å². The van der Waals surface area contributed by atoms with Gasteiger partial charge in [0.2, 0.25) is 0 Å². The van der Waals surface area contributed by atoms with Gasteiger partial charge >= 0.3 is 0 Å². The fourth-order valence-corrected chi connectivity index (χ4v) is 0.588. The van der Waals surface area contributed by atoms with Crippen molar-refractivity contribution in [3.63, 3.8) is 0 Å². The first-order chi connectivity index (χ1) is 6.81. The van der Waals surface area contributed by atoms with Gasteiger partial charge in [0.1, 0.15) is 5.82 Å². The van der Waals surface area contributed by atoms with Crippen molar-refractivity contribution in [3.8, 4) is 0 Å². The molecule has 0 aromatic carbocycles. The maximum absolute atomic E-state index is 3.87. The lowest BCUT2D eigenvalue weighted by Gasteiger charge is -1.81. The van der Waals surface area contributed by atoms with E-state index < -0.39 is 0 Å². The third-order valence-electron chi connectivity index (χ3n) is 1.18. The van der Waals surface area contributed by atoms with Gasteiger partial charge in [-0.2, -0.15) is 0 Å². The Hall–Kier alpha value is -1.77. The molecule has 0 aliphatic rings. The van der Waals surface area contributed by atoms with Gasteiger partial charge in [0.15, 0.2) is 0 Å². The van der Waals surface area contributed by atoms with E-state index in [2.05, 4.69) is 21.5 Å². The average molecular weight is 189 g/mol. The Labute approximate surface area is 84.9 Å². The molecule has 0 saturated carbocycles. The van der Waals surface area contributed by atoms with Crippen LogP contribution in [-0.2, 0) is 0 Å². The summed E-state index contributed by atoms with van der Waals surface area (Å²) in [4.78, 5) is 11.4. The Balaban J connectivity index is 0.000000241. The highest BCUT2D eigenvalue weighted by Crippen LogP contribution is 1.78. The summed E-state index contributed by atoms with van der Waals surface area (Å²) < 4.78 is 0. The number of rotatable bonds is 2. The van der Waals surface area contributed by atoms with Crippen LogP contribution in [-0.4, -0.2) is 23.2 Å². The molecule has 0 saturated heterocycles. The Morgan fingerprint density at radius 3 is 2.29 bits per heavy atom. The summed E-state index contributed by atoms with van der Waals surface area (Å²) in [6, 6.07) is 1.80. The summed E-state index contributed by atoms with van der Waals surface area (Å²) in [6.45, 7) is 5.35. The summed E-state index contributed by atoms with van der Waals surface area (Å²) in [5.74, 6) is 0.822. The van der Waals surface area contributed by atoms with Crippen LogP contribution < -0.4 is 0 Å². The zero-order valence-corrected chi connectivity index (χ0v) is 8.59. The lowest BCUT2D eigenvalue weighted by atomic mass is 10.5. The molecule has 0 radical (unpaired) electrons. The second kappa shape index (κ2) is 9.32. The molecule has 1 aromatic heterocycles. The highest BCUT2D eigenvalue weighted by Gasteiger charge is 1.74. The molecule has 0 fully saturated rings. The fraction of sp³-hybridized carbons (Fsp3) is 0.182. The van der Waals surface area contributed by atoms with E-state index in [-0.39, 0.29) is 0 Å². The second-order valence-corrected chi connectivity index (χ2v) is 2.32. The van der Waals surface area contributed by atoms with Crippen LogP contribution in [0.3, 0.4) is 0 Å². The number of aromatic nitrogens is 2. The molecule has 0 spiro atoms. The largest absolute Gasteiger partial charge is 0.297 e. The minimum absolute atomic E-state index is 0.822. The summed E-state index contributed by atoms with van der Waals surface area (Å²) >= 11 is 0. The van der Waals surface area contributed by atoms with Crippen LogP contribution in [0.5, 0.6) is 0 Å². The predicted octanol–water partition coefficient (Wildman–Crippen LogP) is 2.21. The van der Waals surface area contributed by atoms with E-state index in [9.17, 15) is 0 Å². The molecule has 14 heavy (non-hydrogen) atoms. The first-order valence-electron chi connectivity index (χ1n) is 4.24. The topological polar surface area (TPSA) is 38.1 Å². The molecule has 3 heteroatoms. The van der Waals surface area contributed by atoms with E-state index in [0.717, 1.165) is 5.82 Å². The number of aliphatic imine (C=N–C) groups is 1. The molecule has 1 heterocycles. The zero-order chi connectivity index (χ0) is 10.6. The monoisotopic (exact) mass is 189 g/mol. The number of nitrogens with zero attached hydrogens (tertiary/aromatic N) is 3. The molecular weight excluding hydrogens is 174 g/mol. The summed E-state index contributed by atoms with van der Waals surface area (Å²) in [6.07, 6.45) is 10.5. The zero-order valence-electron chi connectivity index (χ0n) is 8.59. The molecule has 0 atom stereocenters. The minimum Gasteiger partial charge on any atom is -0.297 e. The second-order valence-electron chi connectivity index (χ2n) is 2.32. The van der Waals surface area contributed by atoms with E-state index >= 15 is 0 Å². The van der Waals surface area contributed by atoms with Gasteiger partial charge in [-0.3, -0.25) is 4.99 Å². The summed E-state index contributed by atoms with van der Waals surface area (Å²) in [5.41, 5.74) is 0. The van der Waals surface area contributed by atoms with Crippen LogP contribution in [0.15, 0.2) is 48.3 Å². The van der Waals surface area contributed by atoms with Crippen LogP contribution in [0.1, 0.15) is 5.82 Å². The van der Waals surface area contributed by atoms with Gasteiger partial charge < -0.3 is 0 Å². The van der Waals surface area contributed by atoms with Crippen LogP contribution in [0.25, 0.3) is 0 Å². The molecule has 1 aromatic rings. The summed E-state index contributed by atoms with van der Waals surface area (Å²) in [5, 5.41) is 0. The van der Waals surface area contributed by atoms with Crippen molar-refractivity contribution < 1.29 is 0 Å². The minimum atomic E-state index is 0.822. The van der Waals surface area contributed by atoms with E-state index in [4.69, 9.17) is 0 Å². The quantitative estimate of drug-likeness (QED) is 0.528. The molecule has 0 aliphatic heterocycles. The van der Waals surface area contributed by atoms with Crippen LogP contribution in [0.2, 0.25) is 0 Å². The van der Waals surface area contributed by atoms with E-state index in [0.29, 0.717) is 0 Å². The van der Waals surface area contributed by atoms with Gasteiger partial charge in [0.25, 0.3) is 0 Å². The number of hydrogen-bond acceptors (Lipinski definition) is 3. The predicted molar refractivity (Wildman–Crippen MR) is 60.5 cm³/mol. The van der Waals surface area contributed by atoms with Gasteiger partial charge in [0.05, 0.1) is 0 Å². The highest BCUT2D eigenvalue weighted by atomic mass is 14.8. The summed E-state index contributed by atoms with van der Waals surface area (Å²) in [7, 11) is 1.73. The Morgan fingerprint density at radius 2 is 1.93 bits per heavy atom. The Morgan fingerprint density at radius 1 is 1.29 bits per heavy atom. The van der Waals surface area contributed by atoms with Crippen molar-refractivity contribution in [2.45, 2.75) is 6.92 Å². The van der Waals surface area contributed by atoms with Gasteiger partial charge in [-0.1, -0.05) is 18.7 Å². The molecule has 0 amide bonds. The standard InChI is InChI=1S/C6H9N.C5H6N2/c1-3-4-5-6-7-2;1-5-6-3-2-4-7-5/h3-6H,1H2,2H3;2-4H,1H3/b5-4-,7-6?;. The van der Waals surface area contributed by atoms with Crippen LogP contribution in [0, 0.1) is 6.92 Å². The molecule has 0 aliphatic carbocycles. The van der Waals surface area contributed by atoms with Crippen molar-refractivity contribution in [1.82, 2.24) is 9.97 Å². The van der Waals surface area contributed by atoms with E-state index in [1.54, 1.807) is 37.8 Å². The van der Waals surface area contributed by atoms with Gasteiger partial charge in [-0.25, -0.2) is 9.97 Å². The van der Waals surface area contributed by atoms with Crippen molar-refractivity contribution in [2.24, 2.45) is 4.99 Å². The smallest absolute Gasteiger partial charge is 0.125 e. The van der Waals surface area contributed by atoms with Crippen LogP contribution in [0.4, 0.5) is 0 Å². The van der Waals surface area contributed by atoms with Crippen molar-refractivity contribution in [3.05, 3.63) is 49.1 Å². The van der Waals surface area contributed by atoms with Gasteiger partial charge in [0, 0.05) is 25.7 Å². The van der Waals surface area contributed by atoms with E-state index in [1.165, 1.54) is 0 Å². The third-order valence-corrected chi connectivity index (χ3v) is 1.18. The maximum Gasteiger partial charge on any atom is 0.125 e. The SMILES string of the molecule is C=C/C=C\C=NC.Cc1ncccn1. The average Bonchev–Trinajstić information content (AvgIpc) is 2.21. The maximum atomic E-state index is 3.87. The third kappa shape index (κ3) is 8.33. The van der Waals surface area contributed by atoms with E-state index in [1.807, 2.05) is 19.1 Å². The number of hydrogen-bond donors (Lipinski definition) is 0. The molecule has 0 bridgehead atoms. The molecule has 0 unspecified atom stereocenters.